The van der Waals surface area contributed by atoms with E-state index in [0.29, 0.717) is 5.75 Å². The van der Waals surface area contributed by atoms with Crippen LogP contribution in [0.25, 0.3) is 0 Å². The average molecular weight is 358 g/mol. The van der Waals surface area contributed by atoms with Crippen molar-refractivity contribution in [2.45, 2.75) is 38.9 Å². The van der Waals surface area contributed by atoms with Crippen LogP contribution in [-0.4, -0.2) is 29.2 Å². The molecule has 1 fully saturated rings. The molecular formula is C18H20BFN2O4. The maximum absolute atomic E-state index is 13.3. The molecule has 0 aliphatic carbocycles. The zero-order chi connectivity index (χ0) is 19.1. The average Bonchev–Trinajstić information content (AvgIpc) is 2.77. The molecule has 1 aromatic carbocycles. The van der Waals surface area contributed by atoms with Crippen LogP contribution in [-0.2, 0) is 9.31 Å². The molecule has 1 aromatic heterocycles. The molecule has 1 amide bonds. The summed E-state index contributed by atoms with van der Waals surface area (Å²) in [4.78, 5) is 15.3. The Morgan fingerprint density at radius 2 is 1.85 bits per heavy atom. The number of nitrogens with zero attached hydrogens (tertiary/aromatic N) is 1. The van der Waals surface area contributed by atoms with Gasteiger partial charge in [-0.1, -0.05) is 12.1 Å². The van der Waals surface area contributed by atoms with E-state index in [4.69, 9.17) is 19.8 Å². The van der Waals surface area contributed by atoms with E-state index in [1.807, 2.05) is 33.8 Å². The molecule has 0 saturated carbocycles. The lowest BCUT2D eigenvalue weighted by Gasteiger charge is -2.32. The maximum atomic E-state index is 13.3. The van der Waals surface area contributed by atoms with E-state index in [2.05, 4.69) is 4.98 Å². The second-order valence-corrected chi connectivity index (χ2v) is 7.13. The van der Waals surface area contributed by atoms with Gasteiger partial charge in [-0.25, -0.2) is 9.37 Å². The largest absolute Gasteiger partial charge is 0.494 e. The molecule has 0 spiro atoms. The number of primary amides is 1. The lowest BCUT2D eigenvalue weighted by molar-refractivity contribution is 0.00578. The van der Waals surface area contributed by atoms with Gasteiger partial charge < -0.3 is 19.8 Å². The summed E-state index contributed by atoms with van der Waals surface area (Å²) in [5.41, 5.74) is 4.95. The van der Waals surface area contributed by atoms with Gasteiger partial charge in [0.25, 0.3) is 5.91 Å². The van der Waals surface area contributed by atoms with Crippen molar-refractivity contribution in [3.8, 4) is 11.6 Å². The number of aromatic nitrogens is 1. The number of ether oxygens (including phenoxy) is 1. The minimum atomic E-state index is -0.825. The molecule has 0 bridgehead atoms. The van der Waals surface area contributed by atoms with Crippen molar-refractivity contribution in [2.75, 3.05) is 0 Å². The number of benzene rings is 1. The molecule has 0 atom stereocenters. The molecule has 0 unspecified atom stereocenters. The Bertz CT molecular complexity index is 841. The fraction of sp³-hybridized carbons (Fsp3) is 0.333. The van der Waals surface area contributed by atoms with Crippen LogP contribution in [0.5, 0.6) is 11.6 Å². The second kappa shape index (κ2) is 6.37. The van der Waals surface area contributed by atoms with E-state index < -0.39 is 30.0 Å². The lowest BCUT2D eigenvalue weighted by atomic mass is 9.79. The van der Waals surface area contributed by atoms with Gasteiger partial charge in [-0.3, -0.25) is 4.79 Å². The fourth-order valence-corrected chi connectivity index (χ4v) is 2.50. The number of carbonyl (C=O) groups excluding carboxylic acids is 1. The highest BCUT2D eigenvalue weighted by Gasteiger charge is 2.51. The molecule has 2 N–H and O–H groups in total. The number of hydrogen-bond acceptors (Lipinski definition) is 5. The van der Waals surface area contributed by atoms with Crippen LogP contribution in [0.2, 0.25) is 0 Å². The van der Waals surface area contributed by atoms with E-state index in [-0.39, 0.29) is 11.4 Å². The highest BCUT2D eigenvalue weighted by atomic mass is 19.1. The predicted octanol–water partition coefficient (Wildman–Crippen LogP) is 2.41. The van der Waals surface area contributed by atoms with Gasteiger partial charge in [-0.15, -0.1) is 0 Å². The number of carbonyl (C=O) groups is 1. The van der Waals surface area contributed by atoms with Crippen LogP contribution in [0.1, 0.15) is 38.1 Å². The van der Waals surface area contributed by atoms with Crippen LogP contribution in [0.3, 0.4) is 0 Å². The first kappa shape index (κ1) is 18.3. The smallest absolute Gasteiger partial charge is 0.438 e. The van der Waals surface area contributed by atoms with Crippen molar-refractivity contribution in [3.05, 3.63) is 47.9 Å². The first-order valence-electron chi connectivity index (χ1n) is 8.18. The minimum Gasteiger partial charge on any atom is -0.438 e. The second-order valence-electron chi connectivity index (χ2n) is 7.13. The molecule has 8 heteroatoms. The summed E-state index contributed by atoms with van der Waals surface area (Å²) >= 11 is 0. The van der Waals surface area contributed by atoms with Crippen molar-refractivity contribution in [1.29, 1.82) is 0 Å². The normalized spacial score (nSPS) is 18.0. The minimum absolute atomic E-state index is 0.0648. The summed E-state index contributed by atoms with van der Waals surface area (Å²) in [6, 6.07) is 8.01. The van der Waals surface area contributed by atoms with E-state index in [1.54, 1.807) is 18.2 Å². The maximum Gasteiger partial charge on any atom is 0.494 e. The van der Waals surface area contributed by atoms with Crippen LogP contribution in [0.4, 0.5) is 4.39 Å². The first-order valence-corrected chi connectivity index (χ1v) is 8.18. The number of nitrogens with two attached hydrogens (primary N) is 1. The Labute approximate surface area is 151 Å². The van der Waals surface area contributed by atoms with Crippen molar-refractivity contribution < 1.29 is 23.2 Å². The van der Waals surface area contributed by atoms with Crippen molar-refractivity contribution >= 4 is 18.5 Å². The summed E-state index contributed by atoms with van der Waals surface area (Å²) in [6.07, 6.45) is 0.958. The standard InChI is InChI=1S/C18H20BFN2O4/c1-17(2)18(3,4)26-19(25-17)11-6-5-7-13(8-11)24-16-14(15(21)23)9-12(20)10-22-16/h5-10H,1-4H3,(H2,21,23). The van der Waals surface area contributed by atoms with Gasteiger partial charge in [0.15, 0.2) is 0 Å². The highest BCUT2D eigenvalue weighted by molar-refractivity contribution is 6.62. The lowest BCUT2D eigenvalue weighted by Crippen LogP contribution is -2.41. The van der Waals surface area contributed by atoms with E-state index in [1.165, 1.54) is 0 Å². The Kier molecular flexibility index (Phi) is 4.50. The van der Waals surface area contributed by atoms with Gasteiger partial charge in [0.05, 0.1) is 17.4 Å². The molecule has 1 aliphatic heterocycles. The molecule has 1 saturated heterocycles. The SMILES string of the molecule is CC1(C)OB(c2cccc(Oc3ncc(F)cc3C(N)=O)c2)OC1(C)C. The van der Waals surface area contributed by atoms with E-state index in [9.17, 15) is 9.18 Å². The van der Waals surface area contributed by atoms with Crippen molar-refractivity contribution in [3.63, 3.8) is 0 Å². The molecule has 6 nitrogen and oxygen atoms in total. The van der Waals surface area contributed by atoms with Crippen molar-refractivity contribution in [2.24, 2.45) is 5.73 Å². The Balaban J connectivity index is 1.87. The Morgan fingerprint density at radius 3 is 2.46 bits per heavy atom. The molecule has 136 valence electrons. The summed E-state index contributed by atoms with van der Waals surface area (Å²) in [7, 11) is -0.555. The molecule has 2 heterocycles. The van der Waals surface area contributed by atoms with E-state index >= 15 is 0 Å². The van der Waals surface area contributed by atoms with Crippen molar-refractivity contribution in [1.82, 2.24) is 4.98 Å². The summed E-state index contributed by atoms with van der Waals surface area (Å²) in [5, 5.41) is 0. The Hall–Kier alpha value is -2.45. The molecule has 2 aromatic rings. The molecule has 26 heavy (non-hydrogen) atoms. The first-order chi connectivity index (χ1) is 12.1. The van der Waals surface area contributed by atoms with Crippen LogP contribution in [0, 0.1) is 5.82 Å². The van der Waals surface area contributed by atoms with Gasteiger partial charge in [0.1, 0.15) is 17.1 Å². The van der Waals surface area contributed by atoms with Crippen LogP contribution in [0.15, 0.2) is 36.5 Å². The molecule has 3 rings (SSSR count). The third-order valence-corrected chi connectivity index (χ3v) is 4.68. The van der Waals surface area contributed by atoms with Gasteiger partial charge in [-0.05, 0) is 51.4 Å². The summed E-state index contributed by atoms with van der Waals surface area (Å²) in [6.45, 7) is 7.87. The number of rotatable bonds is 4. The number of pyridine rings is 1. The number of amides is 1. The molecule has 0 radical (unpaired) electrons. The molecular weight excluding hydrogens is 338 g/mol. The summed E-state index contributed by atoms with van der Waals surface area (Å²) in [5.74, 6) is -1.16. The topological polar surface area (TPSA) is 83.7 Å². The monoisotopic (exact) mass is 358 g/mol. The third-order valence-electron chi connectivity index (χ3n) is 4.68. The van der Waals surface area contributed by atoms with Gasteiger partial charge in [0, 0.05) is 0 Å². The summed E-state index contributed by atoms with van der Waals surface area (Å²) < 4.78 is 31.0. The zero-order valence-corrected chi connectivity index (χ0v) is 15.1. The Morgan fingerprint density at radius 1 is 1.19 bits per heavy atom. The fourth-order valence-electron chi connectivity index (χ4n) is 2.50. The van der Waals surface area contributed by atoms with Crippen LogP contribution >= 0.6 is 0 Å². The highest BCUT2D eigenvalue weighted by Crippen LogP contribution is 2.36. The third kappa shape index (κ3) is 3.43. The molecule has 1 aliphatic rings. The number of halogens is 1. The van der Waals surface area contributed by atoms with Crippen LogP contribution < -0.4 is 15.9 Å². The van der Waals surface area contributed by atoms with Gasteiger partial charge in [0.2, 0.25) is 5.88 Å². The quantitative estimate of drug-likeness (QED) is 0.849. The van der Waals surface area contributed by atoms with Gasteiger partial charge >= 0.3 is 7.12 Å². The van der Waals surface area contributed by atoms with Gasteiger partial charge in [-0.2, -0.15) is 0 Å². The predicted molar refractivity (Wildman–Crippen MR) is 94.9 cm³/mol. The number of hydrogen-bond donors (Lipinski definition) is 1. The zero-order valence-electron chi connectivity index (χ0n) is 15.1. The van der Waals surface area contributed by atoms with E-state index in [0.717, 1.165) is 17.7 Å².